The van der Waals surface area contributed by atoms with Gasteiger partial charge in [0.25, 0.3) is 6.43 Å². The van der Waals surface area contributed by atoms with Gasteiger partial charge in [0.2, 0.25) is 11.8 Å². The van der Waals surface area contributed by atoms with Crippen LogP contribution in [0.5, 0.6) is 5.88 Å². The number of rotatable bonds is 8. The number of carbonyl (C=O) groups is 2. The van der Waals surface area contributed by atoms with Crippen LogP contribution in [0.2, 0.25) is 10.0 Å². The summed E-state index contributed by atoms with van der Waals surface area (Å²) in [4.78, 5) is 35.2. The van der Waals surface area contributed by atoms with Gasteiger partial charge in [-0.25, -0.2) is 13.6 Å². The summed E-state index contributed by atoms with van der Waals surface area (Å²) in [5, 5.41) is 6.08. The summed E-state index contributed by atoms with van der Waals surface area (Å²) in [6.45, 7) is 5.68. The number of Topliss-reactive ketones (excluding diaryl/α,β-unsaturated/α-hetero) is 1. The lowest BCUT2D eigenvalue weighted by Crippen LogP contribution is -2.32. The average molecular weight is 530 g/mol. The molecule has 1 aromatic carbocycles. The molecule has 3 aromatic rings. The highest BCUT2D eigenvalue weighted by atomic mass is 35.5. The minimum atomic E-state index is -2.73. The number of ketones is 1. The van der Waals surface area contributed by atoms with Crippen LogP contribution in [0, 0.1) is 0 Å². The van der Waals surface area contributed by atoms with E-state index in [-0.39, 0.29) is 39.6 Å². The summed E-state index contributed by atoms with van der Waals surface area (Å²) in [5.41, 5.74) is 0.716. The lowest BCUT2D eigenvalue weighted by atomic mass is 10.2. The van der Waals surface area contributed by atoms with E-state index in [1.807, 2.05) is 0 Å². The molecule has 2 heterocycles. The number of pyridine rings is 1. The quantitative estimate of drug-likeness (QED) is 0.311. The normalized spacial score (nSPS) is 11.6. The van der Waals surface area contributed by atoms with Crippen molar-refractivity contribution < 1.29 is 27.8 Å². The maximum atomic E-state index is 12.6. The van der Waals surface area contributed by atoms with Gasteiger partial charge >= 0.3 is 6.09 Å². The summed E-state index contributed by atoms with van der Waals surface area (Å²) in [6.07, 6.45) is -3.34. The largest absolute Gasteiger partial charge is 0.471 e. The summed E-state index contributed by atoms with van der Waals surface area (Å²) in [7, 11) is 0. The van der Waals surface area contributed by atoms with Crippen LogP contribution in [-0.4, -0.2) is 45.5 Å². The first-order valence-electron chi connectivity index (χ1n) is 10.4. The molecule has 0 aliphatic carbocycles. The summed E-state index contributed by atoms with van der Waals surface area (Å²) < 4.78 is 35.3. The van der Waals surface area contributed by atoms with E-state index in [9.17, 15) is 18.4 Å². The van der Waals surface area contributed by atoms with E-state index >= 15 is 0 Å². The van der Waals surface area contributed by atoms with Gasteiger partial charge in [0, 0.05) is 6.54 Å². The Hall–Kier alpha value is -3.18. The number of fused-ring (bicyclic) bond motifs is 1. The van der Waals surface area contributed by atoms with Crippen LogP contribution < -0.4 is 15.4 Å². The molecule has 0 fully saturated rings. The average Bonchev–Trinajstić information content (AvgIpc) is 3.14. The Kier molecular flexibility index (Phi) is 8.01. The maximum absolute atomic E-state index is 12.6. The second kappa shape index (κ2) is 10.6. The topological polar surface area (TPSA) is 118 Å². The van der Waals surface area contributed by atoms with Crippen molar-refractivity contribution in [3.8, 4) is 5.88 Å². The number of aromatic nitrogens is 3. The van der Waals surface area contributed by atoms with Gasteiger partial charge in [-0.15, -0.1) is 0 Å². The van der Waals surface area contributed by atoms with Crippen LogP contribution in [-0.2, 0) is 11.3 Å². The molecular weight excluding hydrogens is 507 g/mol. The van der Waals surface area contributed by atoms with Crippen molar-refractivity contribution in [3.63, 3.8) is 0 Å². The van der Waals surface area contributed by atoms with Gasteiger partial charge in [0.15, 0.2) is 18.0 Å². The van der Waals surface area contributed by atoms with Crippen molar-refractivity contribution in [2.24, 2.45) is 0 Å². The minimum Gasteiger partial charge on any atom is -0.471 e. The zero-order chi connectivity index (χ0) is 25.9. The van der Waals surface area contributed by atoms with Gasteiger partial charge in [-0.3, -0.25) is 4.79 Å². The highest BCUT2D eigenvalue weighted by Gasteiger charge is 2.19. The minimum absolute atomic E-state index is 0.0274. The number of H-pyrrole nitrogens is 1. The maximum Gasteiger partial charge on any atom is 0.407 e. The number of anilines is 2. The van der Waals surface area contributed by atoms with Crippen molar-refractivity contribution in [2.45, 2.75) is 46.3 Å². The molecular formula is C22H23Cl2F2N5O4. The van der Waals surface area contributed by atoms with Crippen LogP contribution in [0.3, 0.4) is 0 Å². The Morgan fingerprint density at radius 3 is 2.54 bits per heavy atom. The molecule has 9 nitrogen and oxygen atoms in total. The van der Waals surface area contributed by atoms with Gasteiger partial charge < -0.3 is 25.1 Å². The molecule has 0 radical (unpaired) electrons. The molecule has 0 unspecified atom stereocenters. The first-order chi connectivity index (χ1) is 16.3. The van der Waals surface area contributed by atoms with E-state index in [1.165, 1.54) is 13.0 Å². The number of benzene rings is 1. The molecule has 13 heteroatoms. The third kappa shape index (κ3) is 6.92. The van der Waals surface area contributed by atoms with Crippen LogP contribution >= 0.6 is 23.2 Å². The first-order valence-corrected chi connectivity index (χ1v) is 11.1. The predicted molar refractivity (Wildman–Crippen MR) is 128 cm³/mol. The van der Waals surface area contributed by atoms with Crippen molar-refractivity contribution in [1.29, 1.82) is 0 Å². The van der Waals surface area contributed by atoms with E-state index in [2.05, 4.69) is 25.6 Å². The number of carbonyl (C=O) groups excluding carboxylic acids is 2. The van der Waals surface area contributed by atoms with E-state index < -0.39 is 30.5 Å². The Bertz CT molecular complexity index is 1260. The lowest BCUT2D eigenvalue weighted by molar-refractivity contribution is 0.0523. The fraction of sp³-hybridized carbons (Fsp3) is 0.364. The molecule has 0 saturated heterocycles. The number of imidazole rings is 1. The Labute approximate surface area is 209 Å². The molecule has 0 spiro atoms. The number of ether oxygens (including phenoxy) is 2. The van der Waals surface area contributed by atoms with E-state index in [4.69, 9.17) is 32.7 Å². The third-order valence-corrected chi connectivity index (χ3v) is 5.15. The SMILES string of the molecule is CC(=O)c1cc2[nH]c(Nc3c(Cl)ccc(CNC(=O)OC(C)(C)C)c3Cl)nc2nc1OCC(F)F. The van der Waals surface area contributed by atoms with E-state index in [0.717, 1.165) is 0 Å². The number of hydrogen-bond donors (Lipinski definition) is 3. The number of amides is 1. The zero-order valence-electron chi connectivity index (χ0n) is 19.3. The van der Waals surface area contributed by atoms with Crippen molar-refractivity contribution in [1.82, 2.24) is 20.3 Å². The summed E-state index contributed by atoms with van der Waals surface area (Å²) >= 11 is 12.8. The van der Waals surface area contributed by atoms with E-state index in [1.54, 1.807) is 32.9 Å². The number of alkyl halides is 2. The lowest BCUT2D eigenvalue weighted by Gasteiger charge is -2.20. The number of hydrogen-bond acceptors (Lipinski definition) is 7. The molecule has 0 aliphatic heterocycles. The zero-order valence-corrected chi connectivity index (χ0v) is 20.8. The highest BCUT2D eigenvalue weighted by Crippen LogP contribution is 2.35. The van der Waals surface area contributed by atoms with E-state index in [0.29, 0.717) is 16.8 Å². The number of halogens is 4. The smallest absolute Gasteiger partial charge is 0.407 e. The van der Waals surface area contributed by atoms with Gasteiger partial charge in [-0.2, -0.15) is 9.97 Å². The Morgan fingerprint density at radius 1 is 1.20 bits per heavy atom. The predicted octanol–water partition coefficient (Wildman–Crippen LogP) is 5.88. The van der Waals surface area contributed by atoms with Crippen LogP contribution in [0.25, 0.3) is 11.2 Å². The highest BCUT2D eigenvalue weighted by molar-refractivity contribution is 6.39. The third-order valence-electron chi connectivity index (χ3n) is 4.40. The molecule has 2 aromatic heterocycles. The van der Waals surface area contributed by atoms with Gasteiger partial charge in [-0.05, 0) is 45.4 Å². The second-order valence-corrected chi connectivity index (χ2v) is 9.22. The number of nitrogens with zero attached hydrogens (tertiary/aromatic N) is 2. The second-order valence-electron chi connectivity index (χ2n) is 8.43. The van der Waals surface area contributed by atoms with Gasteiger partial charge in [0.05, 0.1) is 26.8 Å². The van der Waals surface area contributed by atoms with Crippen molar-refractivity contribution in [3.05, 3.63) is 39.4 Å². The standard InChI is InChI=1S/C22H23Cl2F2N5O4/c1-10(32)12-7-14-18(30-19(12)34-9-15(25)26)31-20(28-14)29-17-13(23)6-5-11(16(17)24)8-27-21(33)35-22(2,3)4/h5-7,15H,8-9H2,1-4H3,(H,27,33)(H2,28,29,30,31). The number of alkyl carbamates (subject to hydrolysis) is 1. The first kappa shape index (κ1) is 26.4. The van der Waals surface area contributed by atoms with Crippen LogP contribution in [0.1, 0.15) is 43.6 Å². The Balaban J connectivity index is 1.85. The molecule has 0 aliphatic rings. The number of aromatic amines is 1. The molecule has 1 amide bonds. The number of nitrogens with one attached hydrogen (secondary N) is 3. The molecule has 188 valence electrons. The van der Waals surface area contributed by atoms with Gasteiger partial charge in [-0.1, -0.05) is 29.3 Å². The van der Waals surface area contributed by atoms with Crippen molar-refractivity contribution in [2.75, 3.05) is 11.9 Å². The van der Waals surface area contributed by atoms with Crippen molar-refractivity contribution >= 4 is 57.9 Å². The Morgan fingerprint density at radius 2 is 1.91 bits per heavy atom. The molecule has 0 atom stereocenters. The van der Waals surface area contributed by atoms with Gasteiger partial charge in [0.1, 0.15) is 5.60 Å². The van der Waals surface area contributed by atoms with Crippen LogP contribution in [0.4, 0.5) is 25.2 Å². The molecule has 0 saturated carbocycles. The fourth-order valence-corrected chi connectivity index (χ4v) is 3.47. The van der Waals surface area contributed by atoms with Crippen LogP contribution in [0.15, 0.2) is 18.2 Å². The molecule has 0 bridgehead atoms. The summed E-state index contributed by atoms with van der Waals surface area (Å²) in [6, 6.07) is 4.65. The fourth-order valence-electron chi connectivity index (χ4n) is 2.94. The monoisotopic (exact) mass is 529 g/mol. The molecule has 3 rings (SSSR count). The molecule has 3 N–H and O–H groups in total. The summed E-state index contributed by atoms with van der Waals surface area (Å²) in [5.74, 6) is -0.479. The molecule has 35 heavy (non-hydrogen) atoms.